The van der Waals surface area contributed by atoms with Gasteiger partial charge in [-0.15, -0.1) is 11.3 Å². The molecule has 0 amide bonds. The lowest BCUT2D eigenvalue weighted by atomic mass is 9.79. The highest BCUT2D eigenvalue weighted by atomic mass is 32.1. The number of aliphatic hydroxyl groups is 1. The summed E-state index contributed by atoms with van der Waals surface area (Å²) in [7, 11) is -1.94. The van der Waals surface area contributed by atoms with E-state index in [1.165, 1.54) is 11.3 Å². The first kappa shape index (κ1) is 26.1. The second-order valence-electron chi connectivity index (χ2n) is 8.97. The van der Waals surface area contributed by atoms with E-state index in [1.54, 1.807) is 30.5 Å². The summed E-state index contributed by atoms with van der Waals surface area (Å²) in [6.07, 6.45) is 0.0270. The van der Waals surface area contributed by atoms with E-state index in [0.29, 0.717) is 46.2 Å². The van der Waals surface area contributed by atoms with Crippen LogP contribution < -0.4 is 9.97 Å². The lowest BCUT2D eigenvalue weighted by Gasteiger charge is -2.33. The molecule has 1 atom stereocenters. The number of halogens is 3. The van der Waals surface area contributed by atoms with E-state index in [9.17, 15) is 18.3 Å². The fraction of sp³-hybridized carbons (Fsp3) is 0.240. The summed E-state index contributed by atoms with van der Waals surface area (Å²) in [5.41, 5.74) is 0.687. The first-order valence-corrected chi connectivity index (χ1v) is 12.5. The van der Waals surface area contributed by atoms with Gasteiger partial charge in [-0.25, -0.2) is 15.0 Å². The fourth-order valence-electron chi connectivity index (χ4n) is 4.51. The molecule has 4 aromatic rings. The predicted octanol–water partition coefficient (Wildman–Crippen LogP) is 4.59. The quantitative estimate of drug-likeness (QED) is 0.261. The van der Waals surface area contributed by atoms with E-state index in [2.05, 4.69) is 20.3 Å². The monoisotopic (exact) mass is 542 g/mol. The van der Waals surface area contributed by atoms with E-state index < -0.39 is 24.7 Å². The lowest BCUT2D eigenvalue weighted by Crippen LogP contribution is -2.32. The Labute approximate surface area is 220 Å². The average molecular weight is 542 g/mol. The molecule has 0 radical (unpaired) electrons. The zero-order chi connectivity index (χ0) is 27.1. The Morgan fingerprint density at radius 1 is 1.08 bits per heavy atom. The maximum Gasteiger partial charge on any atom is 0.707 e. The molecule has 0 spiro atoms. The Kier molecular flexibility index (Phi) is 6.86. The number of anilines is 2. The minimum absolute atomic E-state index is 0.0130. The molecule has 13 heteroatoms. The summed E-state index contributed by atoms with van der Waals surface area (Å²) in [6, 6.07) is 10.3. The van der Waals surface area contributed by atoms with Gasteiger partial charge >= 0.3 is 13.5 Å². The van der Waals surface area contributed by atoms with Crippen molar-refractivity contribution >= 4 is 30.3 Å². The van der Waals surface area contributed by atoms with Crippen molar-refractivity contribution in [3.05, 3.63) is 82.1 Å². The zero-order valence-electron chi connectivity index (χ0n) is 20.0. The molecule has 4 N–H and O–H groups in total. The Morgan fingerprint density at radius 2 is 1.89 bits per heavy atom. The van der Waals surface area contributed by atoms with E-state index in [-0.39, 0.29) is 11.6 Å². The lowest BCUT2D eigenvalue weighted by molar-refractivity contribution is -0.137. The molecule has 0 saturated heterocycles. The van der Waals surface area contributed by atoms with Crippen LogP contribution in [0.25, 0.3) is 10.6 Å². The average Bonchev–Trinajstić information content (AvgIpc) is 3.34. The minimum atomic E-state index is -4.49. The summed E-state index contributed by atoms with van der Waals surface area (Å²) in [5.74, 6) is 0.614. The van der Waals surface area contributed by atoms with Gasteiger partial charge in [0.15, 0.2) is 0 Å². The summed E-state index contributed by atoms with van der Waals surface area (Å²) in [4.78, 5) is 13.7. The molecule has 196 valence electrons. The third-order valence-corrected chi connectivity index (χ3v) is 7.34. The molecular formula is C25H22BF3N4O4S. The van der Waals surface area contributed by atoms with Crippen molar-refractivity contribution in [1.29, 1.82) is 0 Å². The number of alkyl halides is 3. The first-order chi connectivity index (χ1) is 18.0. The van der Waals surface area contributed by atoms with Crippen molar-refractivity contribution in [3.8, 4) is 16.3 Å². The summed E-state index contributed by atoms with van der Waals surface area (Å²) in [5, 5.41) is 33.2. The van der Waals surface area contributed by atoms with E-state index in [0.717, 1.165) is 29.5 Å². The van der Waals surface area contributed by atoms with Crippen LogP contribution in [-0.4, -0.2) is 37.4 Å². The van der Waals surface area contributed by atoms with Crippen LogP contribution in [0, 0.1) is 6.92 Å². The van der Waals surface area contributed by atoms with Crippen molar-refractivity contribution in [2.45, 2.75) is 38.0 Å². The SMILES string of the molecule is Cc1cc(Nc2cc(C(F)(F)F)ccn2)nc(-c2cnc([C@@]3(O)CCCc4cc(OB(O)O)ccc43)s2)c1. The third kappa shape index (κ3) is 5.36. The molecule has 0 unspecified atom stereocenters. The first-order valence-electron chi connectivity index (χ1n) is 11.7. The number of fused-ring (bicyclic) bond motifs is 1. The van der Waals surface area contributed by atoms with Gasteiger partial charge in [-0.3, -0.25) is 0 Å². The number of aryl methyl sites for hydroxylation is 2. The number of pyridine rings is 2. The Balaban J connectivity index is 1.44. The van der Waals surface area contributed by atoms with Crippen LogP contribution in [0.15, 0.2) is 54.9 Å². The van der Waals surface area contributed by atoms with E-state index in [1.807, 2.05) is 13.0 Å². The van der Waals surface area contributed by atoms with Crippen LogP contribution in [0.5, 0.6) is 5.75 Å². The number of rotatable bonds is 6. The van der Waals surface area contributed by atoms with Crippen LogP contribution >= 0.6 is 11.3 Å². The van der Waals surface area contributed by atoms with Crippen molar-refractivity contribution in [3.63, 3.8) is 0 Å². The highest BCUT2D eigenvalue weighted by molar-refractivity contribution is 7.15. The Morgan fingerprint density at radius 3 is 2.66 bits per heavy atom. The van der Waals surface area contributed by atoms with Gasteiger partial charge in [-0.1, -0.05) is 6.07 Å². The van der Waals surface area contributed by atoms with Crippen molar-refractivity contribution in [1.82, 2.24) is 15.0 Å². The number of thiazole rings is 1. The molecule has 3 heterocycles. The summed E-state index contributed by atoms with van der Waals surface area (Å²) >= 11 is 1.27. The number of aromatic nitrogens is 3. The van der Waals surface area contributed by atoms with Crippen molar-refractivity contribution in [2.24, 2.45) is 0 Å². The van der Waals surface area contributed by atoms with Gasteiger partial charge in [0.1, 0.15) is 28.0 Å². The Hall–Kier alpha value is -3.52. The minimum Gasteiger partial charge on any atom is -0.512 e. The van der Waals surface area contributed by atoms with Gasteiger partial charge in [0.2, 0.25) is 0 Å². The molecule has 0 saturated carbocycles. The zero-order valence-corrected chi connectivity index (χ0v) is 20.8. The number of benzene rings is 1. The molecule has 38 heavy (non-hydrogen) atoms. The second-order valence-corrected chi connectivity index (χ2v) is 10.0. The standard InChI is InChI=1S/C25H22BF3N4O4S/c1-14-9-19(32-22(10-14)33-21-12-16(6-8-30-21)25(27,28)29)20-13-31-23(38-20)24(34)7-2-3-15-11-17(37-26(35)36)4-5-18(15)24/h4-6,8-13,34-36H,2-3,7H2,1H3,(H,30,32,33)/t24-/m1/s1. The molecule has 1 aliphatic rings. The normalized spacial score (nSPS) is 17.1. The molecule has 1 aromatic carbocycles. The highest BCUT2D eigenvalue weighted by Gasteiger charge is 2.39. The van der Waals surface area contributed by atoms with Gasteiger partial charge in [0.25, 0.3) is 0 Å². The van der Waals surface area contributed by atoms with Gasteiger partial charge in [-0.2, -0.15) is 13.2 Å². The number of hydrogen-bond donors (Lipinski definition) is 4. The molecule has 3 aromatic heterocycles. The van der Waals surface area contributed by atoms with Crippen LogP contribution in [0.1, 0.15) is 40.1 Å². The molecular weight excluding hydrogens is 520 g/mol. The van der Waals surface area contributed by atoms with Gasteiger partial charge in [0.05, 0.1) is 16.1 Å². The number of nitrogens with one attached hydrogen (secondary N) is 1. The molecule has 5 rings (SSSR count). The molecule has 8 nitrogen and oxygen atoms in total. The molecule has 1 aliphatic carbocycles. The fourth-order valence-corrected chi connectivity index (χ4v) is 5.52. The summed E-state index contributed by atoms with van der Waals surface area (Å²) < 4.78 is 44.2. The summed E-state index contributed by atoms with van der Waals surface area (Å²) in [6.45, 7) is 1.84. The van der Waals surface area contributed by atoms with Crippen molar-refractivity contribution in [2.75, 3.05) is 5.32 Å². The maximum absolute atomic E-state index is 13.1. The Bertz CT molecular complexity index is 1480. The number of nitrogens with zero attached hydrogens (tertiary/aromatic N) is 3. The van der Waals surface area contributed by atoms with Gasteiger partial charge in [-0.05, 0) is 79.3 Å². The van der Waals surface area contributed by atoms with Gasteiger partial charge < -0.3 is 25.1 Å². The topological polar surface area (TPSA) is 121 Å². The van der Waals surface area contributed by atoms with Crippen LogP contribution in [0.4, 0.5) is 24.8 Å². The van der Waals surface area contributed by atoms with E-state index >= 15 is 0 Å². The van der Waals surface area contributed by atoms with Crippen LogP contribution in [0.3, 0.4) is 0 Å². The van der Waals surface area contributed by atoms with Crippen LogP contribution in [-0.2, 0) is 18.2 Å². The van der Waals surface area contributed by atoms with E-state index in [4.69, 9.17) is 14.7 Å². The smallest absolute Gasteiger partial charge is 0.512 e. The number of hydrogen-bond acceptors (Lipinski definition) is 9. The van der Waals surface area contributed by atoms with Gasteiger partial charge in [0, 0.05) is 12.4 Å². The maximum atomic E-state index is 13.1. The molecule has 0 fully saturated rings. The van der Waals surface area contributed by atoms with Crippen LogP contribution in [0.2, 0.25) is 0 Å². The third-order valence-electron chi connectivity index (χ3n) is 6.17. The molecule has 0 bridgehead atoms. The largest absolute Gasteiger partial charge is 0.707 e. The van der Waals surface area contributed by atoms with Crippen molar-refractivity contribution < 1.29 is 33.0 Å². The molecule has 0 aliphatic heterocycles. The highest BCUT2D eigenvalue weighted by Crippen LogP contribution is 2.44. The second kappa shape index (κ2) is 9.99. The predicted molar refractivity (Wildman–Crippen MR) is 136 cm³/mol.